The van der Waals surface area contributed by atoms with E-state index in [1.54, 1.807) is 0 Å². The number of carbonyl (C=O) groups is 1. The lowest BCUT2D eigenvalue weighted by molar-refractivity contribution is -0.121. The van der Waals surface area contributed by atoms with Gasteiger partial charge in [0, 0.05) is 6.04 Å². The SMILES string of the molecule is O=C(CN[C@@H]1C[C@H]2C[C@H]1[C@@H]1CCC[C@@H]21)NCC(F)F. The minimum Gasteiger partial charge on any atom is -0.349 e. The van der Waals surface area contributed by atoms with Gasteiger partial charge in [-0.2, -0.15) is 0 Å². The van der Waals surface area contributed by atoms with E-state index < -0.39 is 13.0 Å². The Hall–Kier alpha value is -0.710. The van der Waals surface area contributed by atoms with E-state index in [0.717, 1.165) is 23.7 Å². The second-order valence-electron chi connectivity index (χ2n) is 6.34. The molecule has 2 N–H and O–H groups in total. The predicted molar refractivity (Wildman–Crippen MR) is 67.8 cm³/mol. The van der Waals surface area contributed by atoms with Crippen LogP contribution in [0, 0.1) is 23.7 Å². The molecular formula is C14H22F2N2O. The number of fused-ring (bicyclic) bond motifs is 5. The Balaban J connectivity index is 1.44. The lowest BCUT2D eigenvalue weighted by Crippen LogP contribution is -2.44. The summed E-state index contributed by atoms with van der Waals surface area (Å²) in [5.41, 5.74) is 0. The molecule has 0 spiro atoms. The molecule has 3 rings (SSSR count). The summed E-state index contributed by atoms with van der Waals surface area (Å²) in [6.07, 6.45) is 4.13. The lowest BCUT2D eigenvalue weighted by atomic mass is 9.79. The van der Waals surface area contributed by atoms with Crippen molar-refractivity contribution in [1.29, 1.82) is 0 Å². The van der Waals surface area contributed by atoms with Crippen molar-refractivity contribution < 1.29 is 13.6 Å². The van der Waals surface area contributed by atoms with Crippen molar-refractivity contribution in [3.05, 3.63) is 0 Å². The summed E-state index contributed by atoms with van der Waals surface area (Å²) in [5.74, 6) is 3.06. The van der Waals surface area contributed by atoms with Gasteiger partial charge in [-0.3, -0.25) is 4.79 Å². The van der Waals surface area contributed by atoms with Crippen LogP contribution in [0.15, 0.2) is 0 Å². The smallest absolute Gasteiger partial charge is 0.255 e. The van der Waals surface area contributed by atoms with E-state index in [9.17, 15) is 13.6 Å². The molecule has 0 heterocycles. The number of amides is 1. The van der Waals surface area contributed by atoms with Crippen LogP contribution in [0.3, 0.4) is 0 Å². The first-order valence-corrected chi connectivity index (χ1v) is 7.43. The minimum absolute atomic E-state index is 0.179. The van der Waals surface area contributed by atoms with Crippen molar-refractivity contribution in [2.75, 3.05) is 13.1 Å². The number of alkyl halides is 2. The molecule has 3 aliphatic rings. The average molecular weight is 272 g/mol. The fraction of sp³-hybridized carbons (Fsp3) is 0.929. The van der Waals surface area contributed by atoms with Crippen LogP contribution in [-0.2, 0) is 4.79 Å². The molecule has 1 amide bonds. The molecule has 0 aromatic rings. The zero-order valence-corrected chi connectivity index (χ0v) is 11.1. The second-order valence-corrected chi connectivity index (χ2v) is 6.34. The molecule has 3 aliphatic carbocycles. The number of carbonyl (C=O) groups excluding carboxylic acids is 1. The minimum atomic E-state index is -2.47. The Morgan fingerprint density at radius 1 is 1.16 bits per heavy atom. The molecular weight excluding hydrogens is 250 g/mol. The Labute approximate surface area is 112 Å². The van der Waals surface area contributed by atoms with Gasteiger partial charge in [0.15, 0.2) is 0 Å². The molecule has 0 aliphatic heterocycles. The molecule has 3 fully saturated rings. The van der Waals surface area contributed by atoms with Crippen LogP contribution in [0.2, 0.25) is 0 Å². The van der Waals surface area contributed by atoms with Crippen LogP contribution in [0.1, 0.15) is 32.1 Å². The summed E-state index contributed by atoms with van der Waals surface area (Å²) in [6.45, 7) is -0.361. The highest BCUT2D eigenvalue weighted by Gasteiger charge is 2.53. The molecule has 0 aromatic heterocycles. The third-order valence-electron chi connectivity index (χ3n) is 5.41. The number of hydrogen-bond acceptors (Lipinski definition) is 2. The van der Waals surface area contributed by atoms with Crippen LogP contribution in [0.5, 0.6) is 0 Å². The Morgan fingerprint density at radius 3 is 2.74 bits per heavy atom. The zero-order chi connectivity index (χ0) is 13.4. The Morgan fingerprint density at radius 2 is 1.95 bits per heavy atom. The molecule has 19 heavy (non-hydrogen) atoms. The predicted octanol–water partition coefficient (Wildman–Crippen LogP) is 1.78. The molecule has 3 nitrogen and oxygen atoms in total. The number of hydrogen-bond donors (Lipinski definition) is 2. The van der Waals surface area contributed by atoms with Gasteiger partial charge in [0.2, 0.25) is 5.91 Å². The van der Waals surface area contributed by atoms with E-state index in [-0.39, 0.29) is 12.5 Å². The van der Waals surface area contributed by atoms with Crippen molar-refractivity contribution in [2.45, 2.75) is 44.6 Å². The van der Waals surface area contributed by atoms with Crippen molar-refractivity contribution in [3.63, 3.8) is 0 Å². The summed E-state index contributed by atoms with van der Waals surface area (Å²) in [7, 11) is 0. The molecule has 5 heteroatoms. The molecule has 0 radical (unpaired) electrons. The van der Waals surface area contributed by atoms with Crippen LogP contribution < -0.4 is 10.6 Å². The van der Waals surface area contributed by atoms with E-state index in [1.165, 1.54) is 32.1 Å². The maximum absolute atomic E-state index is 12.0. The number of nitrogens with one attached hydrogen (secondary N) is 2. The van der Waals surface area contributed by atoms with E-state index in [2.05, 4.69) is 10.6 Å². The molecule has 0 aromatic carbocycles. The van der Waals surface area contributed by atoms with Gasteiger partial charge < -0.3 is 10.6 Å². The molecule has 0 unspecified atom stereocenters. The van der Waals surface area contributed by atoms with Crippen LogP contribution in [0.25, 0.3) is 0 Å². The summed E-state index contributed by atoms with van der Waals surface area (Å²) in [4.78, 5) is 11.4. The molecule has 0 saturated heterocycles. The molecule has 108 valence electrons. The number of halogens is 2. The van der Waals surface area contributed by atoms with Crippen LogP contribution in [0.4, 0.5) is 8.78 Å². The van der Waals surface area contributed by atoms with Gasteiger partial charge in [-0.05, 0) is 49.4 Å². The topological polar surface area (TPSA) is 41.1 Å². The summed E-state index contributed by atoms with van der Waals surface area (Å²) in [5, 5.41) is 5.54. The third kappa shape index (κ3) is 2.62. The van der Waals surface area contributed by atoms with Crippen molar-refractivity contribution >= 4 is 5.91 Å². The van der Waals surface area contributed by atoms with Gasteiger partial charge in [0.05, 0.1) is 13.1 Å². The molecule has 5 atom stereocenters. The van der Waals surface area contributed by atoms with Gasteiger partial charge in [0.25, 0.3) is 6.43 Å². The fourth-order valence-corrected chi connectivity index (χ4v) is 4.78. The number of rotatable bonds is 5. The van der Waals surface area contributed by atoms with Gasteiger partial charge in [-0.15, -0.1) is 0 Å². The van der Waals surface area contributed by atoms with Gasteiger partial charge in [-0.1, -0.05) is 6.42 Å². The normalized spacial score (nSPS) is 39.8. The Kier molecular flexibility index (Phi) is 3.74. The maximum Gasteiger partial charge on any atom is 0.255 e. The summed E-state index contributed by atoms with van der Waals surface area (Å²) < 4.78 is 23.9. The monoisotopic (exact) mass is 272 g/mol. The van der Waals surface area contributed by atoms with E-state index in [0.29, 0.717) is 6.04 Å². The lowest BCUT2D eigenvalue weighted by Gasteiger charge is -2.32. The molecule has 2 bridgehead atoms. The summed E-state index contributed by atoms with van der Waals surface area (Å²) in [6, 6.07) is 0.432. The van der Waals surface area contributed by atoms with Gasteiger partial charge in [-0.25, -0.2) is 8.78 Å². The van der Waals surface area contributed by atoms with E-state index in [1.807, 2.05) is 0 Å². The van der Waals surface area contributed by atoms with Gasteiger partial charge in [0.1, 0.15) is 0 Å². The van der Waals surface area contributed by atoms with E-state index >= 15 is 0 Å². The largest absolute Gasteiger partial charge is 0.349 e. The van der Waals surface area contributed by atoms with Crippen molar-refractivity contribution in [1.82, 2.24) is 10.6 Å². The highest BCUT2D eigenvalue weighted by molar-refractivity contribution is 5.78. The summed E-state index contributed by atoms with van der Waals surface area (Å²) >= 11 is 0. The highest BCUT2D eigenvalue weighted by atomic mass is 19.3. The standard InChI is InChI=1S/C14H22F2N2O/c15-13(16)6-18-14(19)7-17-12-5-8-4-11(12)10-3-1-2-9(8)10/h8-13,17H,1-7H2,(H,18,19)/t8-,9+,10-,11+,12-/m1/s1. The van der Waals surface area contributed by atoms with Crippen LogP contribution >= 0.6 is 0 Å². The molecule has 3 saturated carbocycles. The first-order chi connectivity index (χ1) is 9.15. The third-order valence-corrected chi connectivity index (χ3v) is 5.41. The second kappa shape index (κ2) is 5.35. The van der Waals surface area contributed by atoms with Crippen molar-refractivity contribution in [3.8, 4) is 0 Å². The first-order valence-electron chi connectivity index (χ1n) is 7.43. The van der Waals surface area contributed by atoms with Crippen LogP contribution in [-0.4, -0.2) is 31.5 Å². The van der Waals surface area contributed by atoms with Crippen molar-refractivity contribution in [2.24, 2.45) is 23.7 Å². The van der Waals surface area contributed by atoms with E-state index in [4.69, 9.17) is 0 Å². The average Bonchev–Trinajstić information content (AvgIpc) is 3.04. The zero-order valence-electron chi connectivity index (χ0n) is 11.1. The maximum atomic E-state index is 12.0. The Bertz CT molecular complexity index is 350. The van der Waals surface area contributed by atoms with Gasteiger partial charge >= 0.3 is 0 Å². The fourth-order valence-electron chi connectivity index (χ4n) is 4.78. The highest BCUT2D eigenvalue weighted by Crippen LogP contribution is 2.58. The first kappa shape index (κ1) is 13.3. The quantitative estimate of drug-likeness (QED) is 0.801.